The van der Waals surface area contributed by atoms with E-state index in [0.717, 1.165) is 25.2 Å². The van der Waals surface area contributed by atoms with Gasteiger partial charge in [0.1, 0.15) is 6.10 Å². The Morgan fingerprint density at radius 1 is 0.636 bits per heavy atom. The monoisotopic (exact) mass is 456 g/mol. The molecular formula is C31H52O2. The molecule has 0 radical (unpaired) electrons. The summed E-state index contributed by atoms with van der Waals surface area (Å²) in [5, 5.41) is 18.9. The van der Waals surface area contributed by atoms with Crippen LogP contribution in [0.2, 0.25) is 0 Å². The highest BCUT2D eigenvalue weighted by Gasteiger charge is 2.02. The van der Waals surface area contributed by atoms with Crippen molar-refractivity contribution < 1.29 is 10.2 Å². The zero-order chi connectivity index (χ0) is 24.4. The normalized spacial score (nSPS) is 14.3. The maximum atomic E-state index is 9.68. The van der Waals surface area contributed by atoms with Gasteiger partial charge in [0.2, 0.25) is 0 Å². The molecule has 3 atom stereocenters. The van der Waals surface area contributed by atoms with Crippen molar-refractivity contribution in [1.82, 2.24) is 0 Å². The minimum Gasteiger partial charge on any atom is -0.389 e. The molecule has 0 aliphatic rings. The van der Waals surface area contributed by atoms with Crippen LogP contribution >= 0.6 is 0 Å². The van der Waals surface area contributed by atoms with Gasteiger partial charge in [-0.2, -0.15) is 0 Å². The summed E-state index contributed by atoms with van der Waals surface area (Å²) in [5.41, 5.74) is 0. The van der Waals surface area contributed by atoms with Crippen molar-refractivity contribution in [2.24, 2.45) is 5.92 Å². The van der Waals surface area contributed by atoms with Gasteiger partial charge in [0, 0.05) is 0 Å². The Morgan fingerprint density at radius 2 is 1.09 bits per heavy atom. The smallest absolute Gasteiger partial charge is 0.133 e. The van der Waals surface area contributed by atoms with Crippen LogP contribution in [0.25, 0.3) is 0 Å². The fourth-order valence-corrected chi connectivity index (χ4v) is 4.23. The van der Waals surface area contributed by atoms with Crippen molar-refractivity contribution >= 4 is 0 Å². The van der Waals surface area contributed by atoms with Crippen LogP contribution in [0.4, 0.5) is 0 Å². The van der Waals surface area contributed by atoms with Crippen molar-refractivity contribution in [3.8, 4) is 24.7 Å². The lowest BCUT2D eigenvalue weighted by Crippen LogP contribution is -2.01. The molecule has 0 spiro atoms. The standard InChI is InChI=1S/C31H52O2/c1-4-6-26-31(33)28-23-19-15-9-7-8-12-16-20-24-29(3)25-21-17-13-10-11-14-18-22-27-30(32)5-2/h1-2,6,22,26-27,29-33H,7-21,23-25,28H2,3H3/b26-6-,27-22+/t29?,30-,31+/m0/s1. The molecule has 0 rings (SSSR count). The van der Waals surface area contributed by atoms with E-state index in [1.54, 1.807) is 18.2 Å². The van der Waals surface area contributed by atoms with E-state index in [1.807, 2.05) is 6.08 Å². The molecule has 0 aromatic heterocycles. The van der Waals surface area contributed by atoms with Gasteiger partial charge < -0.3 is 10.2 Å². The van der Waals surface area contributed by atoms with Gasteiger partial charge in [0.25, 0.3) is 0 Å². The molecule has 0 heterocycles. The van der Waals surface area contributed by atoms with Crippen LogP contribution in [0, 0.1) is 30.6 Å². The molecule has 0 fully saturated rings. The second-order valence-corrected chi connectivity index (χ2v) is 9.70. The lowest BCUT2D eigenvalue weighted by atomic mass is 9.95. The van der Waals surface area contributed by atoms with E-state index in [4.69, 9.17) is 12.8 Å². The van der Waals surface area contributed by atoms with Crippen molar-refractivity contribution in [3.05, 3.63) is 24.3 Å². The lowest BCUT2D eigenvalue weighted by Gasteiger charge is -2.11. The molecule has 2 N–H and O–H groups in total. The highest BCUT2D eigenvalue weighted by Crippen LogP contribution is 2.19. The first-order chi connectivity index (χ1) is 16.1. The van der Waals surface area contributed by atoms with Gasteiger partial charge in [0.15, 0.2) is 0 Å². The third-order valence-electron chi connectivity index (χ3n) is 6.42. The van der Waals surface area contributed by atoms with Crippen molar-refractivity contribution in [1.29, 1.82) is 0 Å². The number of terminal acetylenes is 2. The van der Waals surface area contributed by atoms with E-state index in [9.17, 15) is 10.2 Å². The molecule has 33 heavy (non-hydrogen) atoms. The quantitative estimate of drug-likeness (QED) is 0.0925. The number of allylic oxidation sites excluding steroid dienone is 2. The molecule has 0 aromatic carbocycles. The Kier molecular flexibility index (Phi) is 24.0. The second-order valence-electron chi connectivity index (χ2n) is 9.70. The summed E-state index contributed by atoms with van der Waals surface area (Å²) in [6.45, 7) is 2.43. The van der Waals surface area contributed by atoms with Crippen LogP contribution in [0.15, 0.2) is 24.3 Å². The predicted molar refractivity (Wildman–Crippen MR) is 145 cm³/mol. The third-order valence-corrected chi connectivity index (χ3v) is 6.42. The molecule has 188 valence electrons. The molecule has 0 aliphatic heterocycles. The van der Waals surface area contributed by atoms with E-state index < -0.39 is 6.10 Å². The van der Waals surface area contributed by atoms with E-state index in [1.165, 1.54) is 103 Å². The Hall–Kier alpha value is -1.48. The highest BCUT2D eigenvalue weighted by molar-refractivity contribution is 5.10. The fraction of sp³-hybridized carbons (Fsp3) is 0.742. The molecule has 1 unspecified atom stereocenters. The third kappa shape index (κ3) is 25.0. The maximum Gasteiger partial charge on any atom is 0.133 e. The summed E-state index contributed by atoms with van der Waals surface area (Å²) in [6, 6.07) is 0. The molecule has 2 nitrogen and oxygen atoms in total. The van der Waals surface area contributed by atoms with Gasteiger partial charge in [-0.25, -0.2) is 0 Å². The number of hydrogen-bond donors (Lipinski definition) is 2. The first-order valence-electron chi connectivity index (χ1n) is 13.7. The zero-order valence-electron chi connectivity index (χ0n) is 21.5. The summed E-state index contributed by atoms with van der Waals surface area (Å²) < 4.78 is 0. The summed E-state index contributed by atoms with van der Waals surface area (Å²) in [5.74, 6) is 5.59. The van der Waals surface area contributed by atoms with Crippen molar-refractivity contribution in [2.45, 2.75) is 141 Å². The number of unbranched alkanes of at least 4 members (excludes halogenated alkanes) is 14. The summed E-state index contributed by atoms with van der Waals surface area (Å²) in [7, 11) is 0. The molecule has 0 saturated heterocycles. The van der Waals surface area contributed by atoms with E-state index in [0.29, 0.717) is 0 Å². The van der Waals surface area contributed by atoms with Gasteiger partial charge in [0.05, 0.1) is 6.10 Å². The number of hydrogen-bond acceptors (Lipinski definition) is 2. The minimum atomic E-state index is -0.720. The van der Waals surface area contributed by atoms with Gasteiger partial charge >= 0.3 is 0 Å². The van der Waals surface area contributed by atoms with E-state index in [-0.39, 0.29) is 6.10 Å². The molecular weight excluding hydrogens is 404 g/mol. The first kappa shape index (κ1) is 31.5. The maximum absolute atomic E-state index is 9.68. The van der Waals surface area contributed by atoms with Crippen LogP contribution in [0.1, 0.15) is 129 Å². The second kappa shape index (κ2) is 25.1. The first-order valence-corrected chi connectivity index (χ1v) is 13.7. The van der Waals surface area contributed by atoms with Gasteiger partial charge in [-0.3, -0.25) is 0 Å². The predicted octanol–water partition coefficient (Wildman–Crippen LogP) is 8.14. The van der Waals surface area contributed by atoms with Crippen molar-refractivity contribution in [3.63, 3.8) is 0 Å². The van der Waals surface area contributed by atoms with E-state index in [2.05, 4.69) is 18.8 Å². The Balaban J connectivity index is 3.29. The van der Waals surface area contributed by atoms with Gasteiger partial charge in [-0.1, -0.05) is 128 Å². The van der Waals surface area contributed by atoms with E-state index >= 15 is 0 Å². The Bertz CT molecular complexity index is 548. The molecule has 2 heteroatoms. The van der Waals surface area contributed by atoms with Crippen LogP contribution in [0.5, 0.6) is 0 Å². The van der Waals surface area contributed by atoms with Crippen LogP contribution in [0.3, 0.4) is 0 Å². The zero-order valence-corrected chi connectivity index (χ0v) is 21.5. The fourth-order valence-electron chi connectivity index (χ4n) is 4.23. The van der Waals surface area contributed by atoms with Crippen molar-refractivity contribution in [2.75, 3.05) is 0 Å². The number of rotatable bonds is 23. The van der Waals surface area contributed by atoms with Crippen LogP contribution in [-0.2, 0) is 0 Å². The summed E-state index contributed by atoms with van der Waals surface area (Å²) in [6.07, 6.45) is 40.6. The van der Waals surface area contributed by atoms with Crippen LogP contribution < -0.4 is 0 Å². The molecule has 0 aromatic rings. The average Bonchev–Trinajstić information content (AvgIpc) is 2.81. The Morgan fingerprint density at radius 3 is 1.58 bits per heavy atom. The Labute approximate surface area is 206 Å². The summed E-state index contributed by atoms with van der Waals surface area (Å²) >= 11 is 0. The minimum absolute atomic E-state index is 0.372. The SMILES string of the molecule is C#C/C=C\[C@@H](O)CCCCCCCCCCCC(C)CCCCCCCC/C=C/[C@@H](O)C#C. The molecule has 0 bridgehead atoms. The van der Waals surface area contributed by atoms with Gasteiger partial charge in [-0.05, 0) is 43.4 Å². The number of aliphatic hydroxyl groups excluding tert-OH is 2. The van der Waals surface area contributed by atoms with Gasteiger partial charge in [-0.15, -0.1) is 12.8 Å². The summed E-state index contributed by atoms with van der Waals surface area (Å²) in [4.78, 5) is 0. The van der Waals surface area contributed by atoms with Crippen LogP contribution in [-0.4, -0.2) is 22.4 Å². The largest absolute Gasteiger partial charge is 0.389 e. The molecule has 0 amide bonds. The molecule has 0 aliphatic carbocycles. The topological polar surface area (TPSA) is 40.5 Å². The number of aliphatic hydroxyl groups is 2. The molecule has 0 saturated carbocycles. The lowest BCUT2D eigenvalue weighted by molar-refractivity contribution is 0.208. The average molecular weight is 457 g/mol. The highest BCUT2D eigenvalue weighted by atomic mass is 16.3.